The number of carbonyl (C=O) groups is 2. The van der Waals surface area contributed by atoms with Crippen molar-refractivity contribution in [1.29, 1.82) is 0 Å². The van der Waals surface area contributed by atoms with Gasteiger partial charge in [-0.15, -0.1) is 11.3 Å². The molecule has 0 aliphatic rings. The van der Waals surface area contributed by atoms with Crippen LogP contribution in [-0.4, -0.2) is 16.9 Å². The summed E-state index contributed by atoms with van der Waals surface area (Å²) in [6.45, 7) is 0. The molecule has 0 spiro atoms. The Morgan fingerprint density at radius 1 is 0.914 bits per heavy atom. The zero-order chi connectivity index (χ0) is 24.8. The standard InChI is InChI=1S/C25H17Cl2N3O3S2/c26-16-12-15(13-17(27)14-16)21-9-7-20(33-21)8-10-23(31)30-25(34)29-19-5-3-18(4-6-19)28-24(32)22-2-1-11-35-22/h1-14H,(H,28,32)(H2,29,30,31,34)/b10-8+. The van der Waals surface area contributed by atoms with Crippen LogP contribution >= 0.6 is 46.8 Å². The maximum atomic E-state index is 12.2. The normalized spacial score (nSPS) is 10.8. The molecular formula is C25H17Cl2N3O3S2. The molecule has 0 radical (unpaired) electrons. The Hall–Kier alpha value is -3.43. The molecule has 4 aromatic rings. The van der Waals surface area contributed by atoms with Crippen LogP contribution in [0.4, 0.5) is 11.4 Å². The first-order valence-corrected chi connectivity index (χ1v) is 12.2. The largest absolute Gasteiger partial charge is 0.457 e. The zero-order valence-electron chi connectivity index (χ0n) is 17.9. The number of furan rings is 1. The van der Waals surface area contributed by atoms with Gasteiger partial charge in [-0.3, -0.25) is 14.9 Å². The van der Waals surface area contributed by atoms with Crippen molar-refractivity contribution in [3.63, 3.8) is 0 Å². The summed E-state index contributed by atoms with van der Waals surface area (Å²) in [7, 11) is 0. The highest BCUT2D eigenvalue weighted by Crippen LogP contribution is 2.29. The Kier molecular flexibility index (Phi) is 7.99. The minimum Gasteiger partial charge on any atom is -0.457 e. The summed E-state index contributed by atoms with van der Waals surface area (Å²) in [6.07, 6.45) is 2.84. The van der Waals surface area contributed by atoms with E-state index >= 15 is 0 Å². The van der Waals surface area contributed by atoms with Crippen molar-refractivity contribution in [3.05, 3.63) is 98.9 Å². The molecule has 2 aromatic carbocycles. The van der Waals surface area contributed by atoms with Crippen molar-refractivity contribution < 1.29 is 14.0 Å². The number of nitrogens with one attached hydrogen (secondary N) is 3. The zero-order valence-corrected chi connectivity index (χ0v) is 21.0. The predicted octanol–water partition coefficient (Wildman–Crippen LogP) is 7.09. The van der Waals surface area contributed by atoms with Gasteiger partial charge in [0.25, 0.3) is 5.91 Å². The van der Waals surface area contributed by atoms with Crippen LogP contribution in [0.3, 0.4) is 0 Å². The van der Waals surface area contributed by atoms with Crippen molar-refractivity contribution in [3.8, 4) is 11.3 Å². The highest BCUT2D eigenvalue weighted by Gasteiger charge is 2.08. The maximum absolute atomic E-state index is 12.2. The summed E-state index contributed by atoms with van der Waals surface area (Å²) in [4.78, 5) is 25.0. The average molecular weight is 542 g/mol. The summed E-state index contributed by atoms with van der Waals surface area (Å²) in [6, 6.07) is 19.1. The van der Waals surface area contributed by atoms with Gasteiger partial charge in [-0.05, 0) is 84.3 Å². The smallest absolute Gasteiger partial charge is 0.265 e. The Morgan fingerprint density at radius 2 is 1.60 bits per heavy atom. The first-order valence-electron chi connectivity index (χ1n) is 10.2. The first-order chi connectivity index (χ1) is 16.9. The van der Waals surface area contributed by atoms with Crippen LogP contribution in [0, 0.1) is 0 Å². The second-order valence-electron chi connectivity index (χ2n) is 7.15. The highest BCUT2D eigenvalue weighted by molar-refractivity contribution is 7.80. The lowest BCUT2D eigenvalue weighted by Crippen LogP contribution is -2.32. The minimum atomic E-state index is -0.425. The van der Waals surface area contributed by atoms with E-state index in [9.17, 15) is 9.59 Å². The lowest BCUT2D eigenvalue weighted by molar-refractivity contribution is -0.115. The first kappa shape index (κ1) is 24.7. The van der Waals surface area contributed by atoms with Gasteiger partial charge in [-0.2, -0.15) is 0 Å². The second-order valence-corrected chi connectivity index (χ2v) is 9.37. The molecule has 2 amide bonds. The SMILES string of the molecule is O=C(/C=C/c1ccc(-c2cc(Cl)cc(Cl)c2)o1)NC(=S)Nc1ccc(NC(=O)c2cccs2)cc1. The fourth-order valence-electron chi connectivity index (χ4n) is 3.00. The summed E-state index contributed by atoms with van der Waals surface area (Å²) in [5, 5.41) is 11.3. The van der Waals surface area contributed by atoms with Gasteiger partial charge in [0.05, 0.1) is 4.88 Å². The fourth-order valence-corrected chi connectivity index (χ4v) is 4.37. The van der Waals surface area contributed by atoms with E-state index in [4.69, 9.17) is 39.8 Å². The van der Waals surface area contributed by atoms with Gasteiger partial charge in [-0.25, -0.2) is 0 Å². The van der Waals surface area contributed by atoms with E-state index in [2.05, 4.69) is 16.0 Å². The Bertz CT molecular complexity index is 1380. The Labute approximate surface area is 220 Å². The molecule has 4 rings (SSSR count). The minimum absolute atomic E-state index is 0.128. The van der Waals surface area contributed by atoms with Crippen molar-refractivity contribution in [2.75, 3.05) is 10.6 Å². The molecule has 0 saturated carbocycles. The maximum Gasteiger partial charge on any atom is 0.265 e. The van der Waals surface area contributed by atoms with Crippen molar-refractivity contribution in [1.82, 2.24) is 5.32 Å². The third-order valence-electron chi connectivity index (χ3n) is 4.56. The number of thiocarbonyl (C=S) groups is 1. The molecule has 0 aliphatic carbocycles. The number of benzene rings is 2. The molecule has 0 unspecified atom stereocenters. The van der Waals surface area contributed by atoms with Crippen LogP contribution in [0.1, 0.15) is 15.4 Å². The topological polar surface area (TPSA) is 83.4 Å². The number of halogens is 2. The van der Waals surface area contributed by atoms with Gasteiger partial charge in [-0.1, -0.05) is 29.3 Å². The molecule has 0 aliphatic heterocycles. The molecule has 2 aromatic heterocycles. The molecule has 10 heteroatoms. The summed E-state index contributed by atoms with van der Waals surface area (Å²) < 4.78 is 5.73. The molecule has 2 heterocycles. The molecule has 0 atom stereocenters. The molecule has 0 fully saturated rings. The predicted molar refractivity (Wildman–Crippen MR) is 146 cm³/mol. The van der Waals surface area contributed by atoms with Gasteiger partial charge in [0.15, 0.2) is 5.11 Å². The number of anilines is 2. The number of hydrogen-bond donors (Lipinski definition) is 3. The van der Waals surface area contributed by atoms with Crippen molar-refractivity contribution in [2.24, 2.45) is 0 Å². The van der Waals surface area contributed by atoms with Crippen LogP contribution in [0.2, 0.25) is 10.0 Å². The monoisotopic (exact) mass is 541 g/mol. The lowest BCUT2D eigenvalue weighted by atomic mass is 10.2. The van der Waals surface area contributed by atoms with E-state index in [0.717, 1.165) is 5.56 Å². The fraction of sp³-hybridized carbons (Fsp3) is 0. The summed E-state index contributed by atoms with van der Waals surface area (Å²) in [5.41, 5.74) is 2.03. The number of carbonyl (C=O) groups excluding carboxylic acids is 2. The van der Waals surface area contributed by atoms with E-state index < -0.39 is 5.91 Å². The highest BCUT2D eigenvalue weighted by atomic mass is 35.5. The summed E-state index contributed by atoms with van der Waals surface area (Å²) in [5.74, 6) is 0.452. The van der Waals surface area contributed by atoms with Gasteiger partial charge in [0.1, 0.15) is 11.5 Å². The third kappa shape index (κ3) is 7.03. The molecule has 0 bridgehead atoms. The number of hydrogen-bond acceptors (Lipinski definition) is 5. The van der Waals surface area contributed by atoms with E-state index in [1.54, 1.807) is 60.7 Å². The molecular weight excluding hydrogens is 525 g/mol. The second kappa shape index (κ2) is 11.3. The van der Waals surface area contributed by atoms with Crippen molar-refractivity contribution >= 4 is 81.1 Å². The lowest BCUT2D eigenvalue weighted by Gasteiger charge is -2.09. The molecule has 35 heavy (non-hydrogen) atoms. The van der Waals surface area contributed by atoms with Gasteiger partial charge in [0, 0.05) is 33.1 Å². The molecule has 0 saturated heterocycles. The number of rotatable bonds is 6. The number of amides is 2. The van der Waals surface area contributed by atoms with Gasteiger partial charge >= 0.3 is 0 Å². The van der Waals surface area contributed by atoms with Gasteiger partial charge < -0.3 is 15.1 Å². The Balaban J connectivity index is 1.28. The average Bonchev–Trinajstić information content (AvgIpc) is 3.51. The quantitative estimate of drug-likeness (QED) is 0.179. The summed E-state index contributed by atoms with van der Waals surface area (Å²) >= 11 is 18.6. The molecule has 176 valence electrons. The molecule has 3 N–H and O–H groups in total. The van der Waals surface area contributed by atoms with Crippen LogP contribution in [0.5, 0.6) is 0 Å². The molecule has 6 nitrogen and oxygen atoms in total. The van der Waals surface area contributed by atoms with E-state index in [1.807, 2.05) is 11.4 Å². The van der Waals surface area contributed by atoms with Crippen LogP contribution in [-0.2, 0) is 4.79 Å². The van der Waals surface area contributed by atoms with Crippen molar-refractivity contribution in [2.45, 2.75) is 0 Å². The van der Waals surface area contributed by atoms with E-state index in [1.165, 1.54) is 23.5 Å². The van der Waals surface area contributed by atoms with Gasteiger partial charge in [0.2, 0.25) is 5.91 Å². The van der Waals surface area contributed by atoms with E-state index in [-0.39, 0.29) is 11.0 Å². The van der Waals surface area contributed by atoms with Crippen LogP contribution < -0.4 is 16.0 Å². The van der Waals surface area contributed by atoms with Crippen LogP contribution in [0.15, 0.2) is 82.6 Å². The number of thiophene rings is 1. The van der Waals surface area contributed by atoms with E-state index in [0.29, 0.717) is 37.8 Å². The third-order valence-corrected chi connectivity index (χ3v) is 6.06. The van der Waals surface area contributed by atoms with Crippen LogP contribution in [0.25, 0.3) is 17.4 Å². The Morgan fingerprint density at radius 3 is 2.26 bits per heavy atom.